The predicted octanol–water partition coefficient (Wildman–Crippen LogP) is 1.78. The molecule has 0 unspecified atom stereocenters. The summed E-state index contributed by atoms with van der Waals surface area (Å²) in [7, 11) is 0. The van der Waals surface area contributed by atoms with Crippen molar-refractivity contribution in [1.29, 1.82) is 0 Å². The SMILES string of the molecule is CCC1CCN(C(=O)N2CCC[C@@H]2C(=O)O)CC1. The Hall–Kier alpha value is -1.26. The Morgan fingerprint density at radius 2 is 1.83 bits per heavy atom. The number of nitrogens with zero attached hydrogens (tertiary/aromatic N) is 2. The summed E-state index contributed by atoms with van der Waals surface area (Å²) in [5.74, 6) is -0.146. The van der Waals surface area contributed by atoms with Crippen LogP contribution in [-0.2, 0) is 4.79 Å². The van der Waals surface area contributed by atoms with Gasteiger partial charge in [-0.2, -0.15) is 0 Å². The van der Waals surface area contributed by atoms with E-state index in [2.05, 4.69) is 6.92 Å². The van der Waals surface area contributed by atoms with Crippen molar-refractivity contribution in [1.82, 2.24) is 9.80 Å². The van der Waals surface area contributed by atoms with Crippen molar-refractivity contribution in [3.63, 3.8) is 0 Å². The average molecular weight is 254 g/mol. The number of carbonyl (C=O) groups is 2. The molecule has 1 N–H and O–H groups in total. The van der Waals surface area contributed by atoms with Crippen LogP contribution >= 0.6 is 0 Å². The first-order valence-electron chi connectivity index (χ1n) is 6.91. The quantitative estimate of drug-likeness (QED) is 0.817. The lowest BCUT2D eigenvalue weighted by Crippen LogP contribution is -2.50. The molecule has 5 heteroatoms. The highest BCUT2D eigenvalue weighted by Crippen LogP contribution is 2.24. The molecule has 2 amide bonds. The minimum atomic E-state index is -0.871. The molecule has 0 spiro atoms. The van der Waals surface area contributed by atoms with Gasteiger partial charge in [-0.05, 0) is 31.6 Å². The van der Waals surface area contributed by atoms with Crippen LogP contribution in [0.1, 0.15) is 39.0 Å². The topological polar surface area (TPSA) is 60.9 Å². The summed E-state index contributed by atoms with van der Waals surface area (Å²) in [6.45, 7) is 4.33. The lowest BCUT2D eigenvalue weighted by Gasteiger charge is -2.35. The smallest absolute Gasteiger partial charge is 0.326 e. The van der Waals surface area contributed by atoms with Crippen LogP contribution in [0.15, 0.2) is 0 Å². The van der Waals surface area contributed by atoms with Gasteiger partial charge >= 0.3 is 12.0 Å². The van der Waals surface area contributed by atoms with Crippen LogP contribution in [0.2, 0.25) is 0 Å². The number of hydrogen-bond acceptors (Lipinski definition) is 2. The highest BCUT2D eigenvalue weighted by molar-refractivity contribution is 5.83. The second-order valence-electron chi connectivity index (χ2n) is 5.31. The molecule has 2 heterocycles. The summed E-state index contributed by atoms with van der Waals surface area (Å²) < 4.78 is 0. The molecule has 18 heavy (non-hydrogen) atoms. The van der Waals surface area contributed by atoms with E-state index in [9.17, 15) is 9.59 Å². The highest BCUT2D eigenvalue weighted by Gasteiger charge is 2.36. The van der Waals surface area contributed by atoms with E-state index in [1.807, 2.05) is 4.90 Å². The highest BCUT2D eigenvalue weighted by atomic mass is 16.4. The van der Waals surface area contributed by atoms with E-state index >= 15 is 0 Å². The molecule has 102 valence electrons. The molecule has 0 saturated carbocycles. The van der Waals surface area contributed by atoms with Gasteiger partial charge in [0.25, 0.3) is 0 Å². The Morgan fingerprint density at radius 3 is 2.39 bits per heavy atom. The fourth-order valence-corrected chi connectivity index (χ4v) is 2.97. The lowest BCUT2D eigenvalue weighted by atomic mass is 9.95. The maximum absolute atomic E-state index is 12.3. The van der Waals surface area contributed by atoms with Crippen molar-refractivity contribution >= 4 is 12.0 Å². The average Bonchev–Trinajstić information content (AvgIpc) is 2.87. The first kappa shape index (κ1) is 13.2. The number of carbonyl (C=O) groups excluding carboxylic acids is 1. The number of rotatable bonds is 2. The number of carboxylic acid groups (broad SMARTS) is 1. The Bertz CT molecular complexity index is 324. The Morgan fingerprint density at radius 1 is 1.17 bits per heavy atom. The normalized spacial score (nSPS) is 25.5. The molecule has 0 aromatic carbocycles. The van der Waals surface area contributed by atoms with Crippen molar-refractivity contribution in [2.75, 3.05) is 19.6 Å². The first-order chi connectivity index (χ1) is 8.63. The molecule has 0 aromatic heterocycles. The standard InChI is InChI=1S/C13H22N2O3/c1-2-10-5-8-14(9-6-10)13(18)15-7-3-4-11(15)12(16)17/h10-11H,2-9H2,1H3,(H,16,17)/t11-/m1/s1. The van der Waals surface area contributed by atoms with E-state index in [1.165, 1.54) is 11.3 Å². The third-order valence-electron chi connectivity index (χ3n) is 4.25. The molecule has 5 nitrogen and oxygen atoms in total. The van der Waals surface area contributed by atoms with Gasteiger partial charge in [0, 0.05) is 19.6 Å². The van der Waals surface area contributed by atoms with Gasteiger partial charge in [-0.25, -0.2) is 9.59 Å². The maximum atomic E-state index is 12.3. The zero-order chi connectivity index (χ0) is 13.1. The molecule has 2 fully saturated rings. The van der Waals surface area contributed by atoms with Gasteiger partial charge in [0.2, 0.25) is 0 Å². The number of aliphatic carboxylic acids is 1. The first-order valence-corrected chi connectivity index (χ1v) is 6.91. The number of urea groups is 1. The predicted molar refractivity (Wildman–Crippen MR) is 67.3 cm³/mol. The third-order valence-corrected chi connectivity index (χ3v) is 4.25. The number of piperidine rings is 1. The molecule has 2 rings (SSSR count). The summed E-state index contributed by atoms with van der Waals surface area (Å²) in [6.07, 6.45) is 4.66. The van der Waals surface area contributed by atoms with Crippen molar-refractivity contribution in [2.45, 2.75) is 45.1 Å². The summed E-state index contributed by atoms with van der Waals surface area (Å²) >= 11 is 0. The fourth-order valence-electron chi connectivity index (χ4n) is 2.97. The van der Waals surface area contributed by atoms with Crippen LogP contribution in [0.5, 0.6) is 0 Å². The number of amides is 2. The van der Waals surface area contributed by atoms with E-state index < -0.39 is 12.0 Å². The second-order valence-corrected chi connectivity index (χ2v) is 5.31. The monoisotopic (exact) mass is 254 g/mol. The van der Waals surface area contributed by atoms with E-state index in [0.29, 0.717) is 13.0 Å². The summed E-state index contributed by atoms with van der Waals surface area (Å²) in [5, 5.41) is 9.10. The van der Waals surface area contributed by atoms with Gasteiger partial charge < -0.3 is 14.9 Å². The second kappa shape index (κ2) is 5.59. The van der Waals surface area contributed by atoms with Gasteiger partial charge in [0.05, 0.1) is 0 Å². The summed E-state index contributed by atoms with van der Waals surface area (Å²) in [5.41, 5.74) is 0. The van der Waals surface area contributed by atoms with Crippen LogP contribution in [-0.4, -0.2) is 52.6 Å². The van der Waals surface area contributed by atoms with Crippen molar-refractivity contribution < 1.29 is 14.7 Å². The van der Waals surface area contributed by atoms with Gasteiger partial charge in [-0.3, -0.25) is 0 Å². The van der Waals surface area contributed by atoms with E-state index in [1.54, 1.807) is 0 Å². The van der Waals surface area contributed by atoms with E-state index in [-0.39, 0.29) is 6.03 Å². The fraction of sp³-hybridized carbons (Fsp3) is 0.846. The molecular formula is C13H22N2O3. The number of hydrogen-bond donors (Lipinski definition) is 1. The zero-order valence-corrected chi connectivity index (χ0v) is 11.0. The van der Waals surface area contributed by atoms with Crippen LogP contribution in [0.4, 0.5) is 4.79 Å². The van der Waals surface area contributed by atoms with Gasteiger partial charge in [-0.15, -0.1) is 0 Å². The largest absolute Gasteiger partial charge is 0.480 e. The van der Waals surface area contributed by atoms with Crippen LogP contribution in [0, 0.1) is 5.92 Å². The summed E-state index contributed by atoms with van der Waals surface area (Å²) in [6, 6.07) is -0.684. The van der Waals surface area contributed by atoms with Gasteiger partial charge in [0.1, 0.15) is 6.04 Å². The maximum Gasteiger partial charge on any atom is 0.326 e. The van der Waals surface area contributed by atoms with E-state index in [4.69, 9.17) is 5.11 Å². The minimum Gasteiger partial charge on any atom is -0.480 e. The number of likely N-dealkylation sites (tertiary alicyclic amines) is 2. The lowest BCUT2D eigenvalue weighted by molar-refractivity contribution is -0.141. The Labute approximate surface area is 108 Å². The Balaban J connectivity index is 1.93. The van der Waals surface area contributed by atoms with E-state index in [0.717, 1.165) is 38.3 Å². The van der Waals surface area contributed by atoms with Crippen LogP contribution in [0.3, 0.4) is 0 Å². The molecular weight excluding hydrogens is 232 g/mol. The van der Waals surface area contributed by atoms with Crippen LogP contribution < -0.4 is 0 Å². The van der Waals surface area contributed by atoms with Crippen LogP contribution in [0.25, 0.3) is 0 Å². The zero-order valence-electron chi connectivity index (χ0n) is 11.0. The molecule has 0 aliphatic carbocycles. The third kappa shape index (κ3) is 2.60. The molecule has 0 radical (unpaired) electrons. The molecule has 0 bridgehead atoms. The number of carboxylic acids is 1. The molecule has 2 aliphatic rings. The summed E-state index contributed by atoms with van der Waals surface area (Å²) in [4.78, 5) is 26.7. The molecule has 1 atom stereocenters. The molecule has 2 aliphatic heterocycles. The van der Waals surface area contributed by atoms with Gasteiger partial charge in [-0.1, -0.05) is 13.3 Å². The van der Waals surface area contributed by atoms with Crippen molar-refractivity contribution in [3.05, 3.63) is 0 Å². The van der Waals surface area contributed by atoms with Crippen molar-refractivity contribution in [2.24, 2.45) is 5.92 Å². The minimum absolute atomic E-state index is 0.0746. The van der Waals surface area contributed by atoms with Gasteiger partial charge in [0.15, 0.2) is 0 Å². The van der Waals surface area contributed by atoms with Crippen molar-refractivity contribution in [3.8, 4) is 0 Å². The molecule has 2 saturated heterocycles. The molecule has 0 aromatic rings. The Kier molecular flexibility index (Phi) is 4.09.